The summed E-state index contributed by atoms with van der Waals surface area (Å²) in [6, 6.07) is 6.30. The first-order chi connectivity index (χ1) is 11.1. The van der Waals surface area contributed by atoms with Crippen molar-refractivity contribution in [1.82, 2.24) is 14.8 Å². The molecule has 4 rings (SSSR count). The van der Waals surface area contributed by atoms with Gasteiger partial charge in [-0.3, -0.25) is 4.79 Å². The molecule has 0 saturated carbocycles. The number of fused-ring (bicyclic) bond motifs is 4. The first-order valence-electron chi connectivity index (χ1n) is 7.95. The Morgan fingerprint density at radius 1 is 1.26 bits per heavy atom. The number of likely N-dealkylation sites (N-methyl/N-ethyl adjacent to an activating group) is 1. The summed E-state index contributed by atoms with van der Waals surface area (Å²) < 4.78 is 19.1. The number of amides is 1. The summed E-state index contributed by atoms with van der Waals surface area (Å²) in [4.78, 5) is 20.3. The monoisotopic (exact) mass is 317 g/mol. The van der Waals surface area contributed by atoms with Gasteiger partial charge in [-0.1, -0.05) is 0 Å². The van der Waals surface area contributed by atoms with E-state index >= 15 is 0 Å². The minimum absolute atomic E-state index is 0.0302. The zero-order chi connectivity index (χ0) is 16.0. The Morgan fingerprint density at radius 2 is 2.13 bits per heavy atom. The van der Waals surface area contributed by atoms with Crippen molar-refractivity contribution in [3.8, 4) is 0 Å². The lowest BCUT2D eigenvalue weighted by Crippen LogP contribution is -2.46. The molecule has 122 valence electrons. The molecular formula is C17H20FN3O2. The van der Waals surface area contributed by atoms with Gasteiger partial charge in [-0.2, -0.15) is 0 Å². The van der Waals surface area contributed by atoms with Crippen LogP contribution in [0.2, 0.25) is 0 Å². The maximum atomic E-state index is 13.3. The standard InChI is InChI=1S/C17H20FN3O2/c1-20-6-11-7-21(14(8-20)10-23-9-11)17(22)16-5-12-4-13(18)2-3-15(12)19-16/h2-5,11,14,19H,6-10H2,1H3/t11-,14-/m0/s1. The van der Waals surface area contributed by atoms with Gasteiger partial charge in [-0.25, -0.2) is 4.39 Å². The number of nitrogens with zero attached hydrogens (tertiary/aromatic N) is 2. The predicted octanol–water partition coefficient (Wildman–Crippen LogP) is 1.71. The maximum absolute atomic E-state index is 13.3. The van der Waals surface area contributed by atoms with E-state index in [0.717, 1.165) is 24.0 Å². The maximum Gasteiger partial charge on any atom is 0.270 e. The molecule has 1 aromatic carbocycles. The summed E-state index contributed by atoms with van der Waals surface area (Å²) in [6.07, 6.45) is 0. The average Bonchev–Trinajstić information content (AvgIpc) is 2.72. The van der Waals surface area contributed by atoms with Crippen LogP contribution < -0.4 is 0 Å². The van der Waals surface area contributed by atoms with Crippen molar-refractivity contribution in [2.24, 2.45) is 5.92 Å². The molecule has 2 bridgehead atoms. The lowest BCUT2D eigenvalue weighted by molar-refractivity contribution is 0.0481. The second-order valence-corrected chi connectivity index (χ2v) is 6.65. The molecule has 2 aromatic rings. The number of benzene rings is 1. The topological polar surface area (TPSA) is 48.6 Å². The molecule has 2 saturated heterocycles. The molecule has 1 amide bonds. The number of ether oxygens (including phenoxy) is 1. The molecule has 2 aliphatic rings. The lowest BCUT2D eigenvalue weighted by atomic mass is 10.1. The first kappa shape index (κ1) is 14.7. The van der Waals surface area contributed by atoms with Gasteiger partial charge in [-0.05, 0) is 31.3 Å². The van der Waals surface area contributed by atoms with Crippen molar-refractivity contribution in [3.05, 3.63) is 35.8 Å². The largest absolute Gasteiger partial charge is 0.379 e. The van der Waals surface area contributed by atoms with Crippen molar-refractivity contribution < 1.29 is 13.9 Å². The second kappa shape index (κ2) is 5.62. The van der Waals surface area contributed by atoms with Crippen LogP contribution in [0.4, 0.5) is 4.39 Å². The van der Waals surface area contributed by atoms with E-state index in [9.17, 15) is 9.18 Å². The number of aromatic nitrogens is 1. The highest BCUT2D eigenvalue weighted by atomic mass is 19.1. The van der Waals surface area contributed by atoms with Gasteiger partial charge in [0.05, 0.1) is 19.3 Å². The van der Waals surface area contributed by atoms with Gasteiger partial charge in [0.25, 0.3) is 5.91 Å². The van der Waals surface area contributed by atoms with Gasteiger partial charge in [0.15, 0.2) is 0 Å². The van der Waals surface area contributed by atoms with Crippen molar-refractivity contribution in [3.63, 3.8) is 0 Å². The lowest BCUT2D eigenvalue weighted by Gasteiger charge is -2.29. The molecule has 2 aliphatic heterocycles. The summed E-state index contributed by atoms with van der Waals surface area (Å²) in [5.74, 6) is 0.00633. The van der Waals surface area contributed by atoms with E-state index in [1.807, 2.05) is 4.90 Å². The minimum Gasteiger partial charge on any atom is -0.379 e. The van der Waals surface area contributed by atoms with Gasteiger partial charge >= 0.3 is 0 Å². The Morgan fingerprint density at radius 3 is 3.00 bits per heavy atom. The summed E-state index contributed by atoms with van der Waals surface area (Å²) in [6.45, 7) is 3.73. The molecule has 5 nitrogen and oxygen atoms in total. The molecule has 1 N–H and O–H groups in total. The van der Waals surface area contributed by atoms with Crippen LogP contribution in [0.3, 0.4) is 0 Å². The van der Waals surface area contributed by atoms with E-state index in [1.54, 1.807) is 12.1 Å². The molecule has 3 heterocycles. The highest BCUT2D eigenvalue weighted by Crippen LogP contribution is 2.23. The second-order valence-electron chi connectivity index (χ2n) is 6.65. The van der Waals surface area contributed by atoms with Gasteiger partial charge in [0, 0.05) is 36.5 Å². The Bertz CT molecular complexity index is 745. The van der Waals surface area contributed by atoms with E-state index in [2.05, 4.69) is 16.9 Å². The minimum atomic E-state index is -0.295. The molecule has 0 unspecified atom stereocenters. The Labute approximate surface area is 134 Å². The van der Waals surface area contributed by atoms with Crippen LogP contribution in [0, 0.1) is 11.7 Å². The van der Waals surface area contributed by atoms with E-state index in [0.29, 0.717) is 31.4 Å². The van der Waals surface area contributed by atoms with E-state index in [4.69, 9.17) is 4.74 Å². The van der Waals surface area contributed by atoms with Gasteiger partial charge < -0.3 is 19.5 Å². The summed E-state index contributed by atoms with van der Waals surface area (Å²) in [5, 5.41) is 0.722. The number of H-pyrrole nitrogens is 1. The van der Waals surface area contributed by atoms with Crippen molar-refractivity contribution in [1.29, 1.82) is 0 Å². The number of halogens is 1. The molecule has 2 fully saturated rings. The Hall–Kier alpha value is -1.92. The third-order valence-electron chi connectivity index (χ3n) is 4.73. The molecule has 23 heavy (non-hydrogen) atoms. The smallest absolute Gasteiger partial charge is 0.270 e. The van der Waals surface area contributed by atoms with Crippen molar-refractivity contribution in [2.45, 2.75) is 6.04 Å². The third kappa shape index (κ3) is 2.72. The number of carbonyl (C=O) groups excluding carboxylic acids is 1. The molecule has 0 radical (unpaired) electrons. The van der Waals surface area contributed by atoms with E-state index in [-0.39, 0.29) is 17.8 Å². The molecule has 0 aliphatic carbocycles. The van der Waals surface area contributed by atoms with Crippen LogP contribution in [-0.4, -0.2) is 66.6 Å². The normalized spacial score (nSPS) is 25.6. The van der Waals surface area contributed by atoms with E-state index < -0.39 is 0 Å². The molecular weight excluding hydrogens is 297 g/mol. The molecule has 0 spiro atoms. The fraction of sp³-hybridized carbons (Fsp3) is 0.471. The number of hydrogen-bond donors (Lipinski definition) is 1. The summed E-state index contributed by atoms with van der Waals surface area (Å²) >= 11 is 0. The van der Waals surface area contributed by atoms with Crippen LogP contribution >= 0.6 is 0 Å². The van der Waals surface area contributed by atoms with Gasteiger partial charge in [0.2, 0.25) is 0 Å². The average molecular weight is 317 g/mol. The number of rotatable bonds is 1. The first-order valence-corrected chi connectivity index (χ1v) is 7.95. The molecule has 1 aromatic heterocycles. The third-order valence-corrected chi connectivity index (χ3v) is 4.73. The zero-order valence-electron chi connectivity index (χ0n) is 13.1. The molecule has 2 atom stereocenters. The number of hydrogen-bond acceptors (Lipinski definition) is 3. The van der Waals surface area contributed by atoms with Crippen LogP contribution in [0.25, 0.3) is 10.9 Å². The van der Waals surface area contributed by atoms with E-state index in [1.165, 1.54) is 12.1 Å². The fourth-order valence-corrected chi connectivity index (χ4v) is 3.70. The highest BCUT2D eigenvalue weighted by Gasteiger charge is 2.35. The van der Waals surface area contributed by atoms with Crippen molar-refractivity contribution >= 4 is 16.8 Å². The Kier molecular flexibility index (Phi) is 3.58. The van der Waals surface area contributed by atoms with Crippen LogP contribution in [0.5, 0.6) is 0 Å². The predicted molar refractivity (Wildman–Crippen MR) is 84.9 cm³/mol. The van der Waals surface area contributed by atoms with Gasteiger partial charge in [-0.15, -0.1) is 0 Å². The number of nitrogens with one attached hydrogen (secondary N) is 1. The quantitative estimate of drug-likeness (QED) is 0.871. The van der Waals surface area contributed by atoms with Crippen LogP contribution in [0.15, 0.2) is 24.3 Å². The fourth-order valence-electron chi connectivity index (χ4n) is 3.70. The van der Waals surface area contributed by atoms with Crippen molar-refractivity contribution in [2.75, 3.05) is 39.9 Å². The number of aromatic amines is 1. The molecule has 6 heteroatoms. The van der Waals surface area contributed by atoms with Crippen LogP contribution in [-0.2, 0) is 4.74 Å². The summed E-state index contributed by atoms with van der Waals surface area (Å²) in [5.41, 5.74) is 1.29. The zero-order valence-corrected chi connectivity index (χ0v) is 13.1. The van der Waals surface area contributed by atoms with Crippen LogP contribution in [0.1, 0.15) is 10.5 Å². The van der Waals surface area contributed by atoms with Gasteiger partial charge in [0.1, 0.15) is 11.5 Å². The number of carbonyl (C=O) groups is 1. The Balaban J connectivity index is 1.66. The highest BCUT2D eigenvalue weighted by molar-refractivity contribution is 5.98. The summed E-state index contributed by atoms with van der Waals surface area (Å²) in [7, 11) is 2.09. The SMILES string of the molecule is CN1C[C@@H]2COC[C@H](C1)N(C(=O)c1cc3cc(F)ccc3[nH]1)C2.